The van der Waals surface area contributed by atoms with Crippen molar-refractivity contribution in [3.05, 3.63) is 11.6 Å². The molecule has 0 aromatic carbocycles. The largest absolute Gasteiger partial charge is 0.300 e. The third-order valence-corrected chi connectivity index (χ3v) is 4.39. The molecule has 2 fully saturated rings. The van der Waals surface area contributed by atoms with Crippen LogP contribution in [0.1, 0.15) is 43.3 Å². The fraction of sp³-hybridized carbons (Fsp3) is 0.818. The zero-order chi connectivity index (χ0) is 11.1. The van der Waals surface area contributed by atoms with Gasteiger partial charge in [0.1, 0.15) is 5.82 Å². The van der Waals surface area contributed by atoms with Crippen LogP contribution in [0.4, 0.5) is 0 Å². The smallest absolute Gasteiger partial charge is 0.153 e. The summed E-state index contributed by atoms with van der Waals surface area (Å²) in [5.74, 6) is 2.72. The first kappa shape index (κ1) is 10.5. The fourth-order valence-electron chi connectivity index (χ4n) is 3.17. The van der Waals surface area contributed by atoms with Crippen LogP contribution >= 0.6 is 11.6 Å². The van der Waals surface area contributed by atoms with Gasteiger partial charge in [0.15, 0.2) is 5.82 Å². The Morgan fingerprint density at radius 3 is 2.62 bits per heavy atom. The minimum Gasteiger partial charge on any atom is -0.300 e. The van der Waals surface area contributed by atoms with E-state index in [2.05, 4.69) is 27.1 Å². The predicted molar refractivity (Wildman–Crippen MR) is 62.5 cm³/mol. The van der Waals surface area contributed by atoms with Crippen LogP contribution in [0.25, 0.3) is 0 Å². The van der Waals surface area contributed by atoms with Crippen LogP contribution in [-0.4, -0.2) is 39.2 Å². The monoisotopic (exact) mass is 240 g/mol. The van der Waals surface area contributed by atoms with E-state index in [-0.39, 0.29) is 0 Å². The number of aromatic nitrogens is 3. The van der Waals surface area contributed by atoms with E-state index >= 15 is 0 Å². The molecule has 2 atom stereocenters. The maximum absolute atomic E-state index is 5.73. The van der Waals surface area contributed by atoms with E-state index in [9.17, 15) is 0 Å². The molecule has 3 heterocycles. The summed E-state index contributed by atoms with van der Waals surface area (Å²) in [6.07, 6.45) is 5.08. The standard InChI is InChI=1S/C11H17ClN4/c1-16-8-2-3-9(16)5-7(4-8)11-13-10(6-12)14-15-11/h7-9H,2-6H2,1H3,(H,13,14,15). The average molecular weight is 241 g/mol. The van der Waals surface area contributed by atoms with Crippen LogP contribution < -0.4 is 0 Å². The summed E-state index contributed by atoms with van der Waals surface area (Å²) in [6.45, 7) is 0. The van der Waals surface area contributed by atoms with Crippen molar-refractivity contribution in [2.24, 2.45) is 0 Å². The normalized spacial score (nSPS) is 34.5. The lowest BCUT2D eigenvalue weighted by atomic mass is 9.90. The number of hydrogen-bond donors (Lipinski definition) is 1. The second kappa shape index (κ2) is 4.00. The van der Waals surface area contributed by atoms with Crippen molar-refractivity contribution in [2.45, 2.75) is 49.6 Å². The van der Waals surface area contributed by atoms with Gasteiger partial charge in [0.25, 0.3) is 0 Å². The molecule has 0 amide bonds. The van der Waals surface area contributed by atoms with Crippen molar-refractivity contribution in [3.8, 4) is 0 Å². The topological polar surface area (TPSA) is 44.8 Å². The highest BCUT2D eigenvalue weighted by Gasteiger charge is 2.40. The molecule has 1 aromatic heterocycles. The number of H-pyrrole nitrogens is 1. The first-order valence-corrected chi connectivity index (χ1v) is 6.50. The van der Waals surface area contributed by atoms with Gasteiger partial charge in [-0.05, 0) is 32.7 Å². The second-order valence-corrected chi connectivity index (χ2v) is 5.26. The quantitative estimate of drug-likeness (QED) is 0.803. The van der Waals surface area contributed by atoms with Crippen LogP contribution in [-0.2, 0) is 5.88 Å². The van der Waals surface area contributed by atoms with Crippen molar-refractivity contribution < 1.29 is 0 Å². The first-order chi connectivity index (χ1) is 7.78. The van der Waals surface area contributed by atoms with Gasteiger partial charge in [-0.15, -0.1) is 11.6 Å². The van der Waals surface area contributed by atoms with E-state index < -0.39 is 0 Å². The van der Waals surface area contributed by atoms with E-state index in [1.54, 1.807) is 0 Å². The van der Waals surface area contributed by atoms with E-state index in [4.69, 9.17) is 11.6 Å². The van der Waals surface area contributed by atoms with Gasteiger partial charge >= 0.3 is 0 Å². The summed E-state index contributed by atoms with van der Waals surface area (Å²) >= 11 is 5.73. The Labute approximate surface area is 100 Å². The summed E-state index contributed by atoms with van der Waals surface area (Å²) in [7, 11) is 2.25. The third kappa shape index (κ3) is 1.64. The molecule has 1 N–H and O–H groups in total. The molecule has 2 bridgehead atoms. The Kier molecular flexibility index (Phi) is 2.64. The average Bonchev–Trinajstić information content (AvgIpc) is 2.82. The van der Waals surface area contributed by atoms with Crippen molar-refractivity contribution in [1.29, 1.82) is 0 Å². The molecule has 2 aliphatic rings. The molecule has 1 aromatic rings. The number of nitrogens with zero attached hydrogens (tertiary/aromatic N) is 3. The van der Waals surface area contributed by atoms with Crippen molar-refractivity contribution in [2.75, 3.05) is 7.05 Å². The molecule has 0 saturated carbocycles. The van der Waals surface area contributed by atoms with Gasteiger partial charge in [-0.25, -0.2) is 4.98 Å². The molecule has 2 saturated heterocycles. The Balaban J connectivity index is 1.77. The first-order valence-electron chi connectivity index (χ1n) is 5.97. The molecule has 0 spiro atoms. The summed E-state index contributed by atoms with van der Waals surface area (Å²) in [6, 6.07) is 1.48. The number of hydrogen-bond acceptors (Lipinski definition) is 3. The molecule has 0 radical (unpaired) electrons. The zero-order valence-electron chi connectivity index (χ0n) is 9.49. The van der Waals surface area contributed by atoms with Crippen molar-refractivity contribution >= 4 is 11.6 Å². The van der Waals surface area contributed by atoms with Gasteiger partial charge in [0, 0.05) is 18.0 Å². The van der Waals surface area contributed by atoms with Crippen molar-refractivity contribution in [3.63, 3.8) is 0 Å². The number of aromatic amines is 1. The molecule has 0 aliphatic carbocycles. The van der Waals surface area contributed by atoms with Crippen LogP contribution in [0.5, 0.6) is 0 Å². The lowest BCUT2D eigenvalue weighted by molar-refractivity contribution is 0.159. The number of alkyl halides is 1. The molecule has 16 heavy (non-hydrogen) atoms. The van der Waals surface area contributed by atoms with Gasteiger partial charge in [-0.3, -0.25) is 5.10 Å². The summed E-state index contributed by atoms with van der Waals surface area (Å²) in [4.78, 5) is 6.99. The lowest BCUT2D eigenvalue weighted by Crippen LogP contribution is -2.39. The number of halogens is 1. The highest BCUT2D eigenvalue weighted by Crippen LogP contribution is 2.40. The van der Waals surface area contributed by atoms with Gasteiger partial charge in [-0.1, -0.05) is 0 Å². The Morgan fingerprint density at radius 2 is 2.06 bits per heavy atom. The SMILES string of the molecule is CN1C2CCC1CC(c1n[nH]c(CCl)n1)C2. The van der Waals surface area contributed by atoms with Crippen LogP contribution in [0.15, 0.2) is 0 Å². The second-order valence-electron chi connectivity index (χ2n) is 4.99. The van der Waals surface area contributed by atoms with E-state index in [0.717, 1.165) is 23.7 Å². The van der Waals surface area contributed by atoms with Gasteiger partial charge in [0.05, 0.1) is 5.88 Å². The highest BCUT2D eigenvalue weighted by atomic mass is 35.5. The molecule has 5 heteroatoms. The number of fused-ring (bicyclic) bond motifs is 2. The lowest BCUT2D eigenvalue weighted by Gasteiger charge is -2.35. The van der Waals surface area contributed by atoms with Crippen molar-refractivity contribution in [1.82, 2.24) is 20.1 Å². The summed E-state index contributed by atoms with van der Waals surface area (Å²) < 4.78 is 0. The summed E-state index contributed by atoms with van der Waals surface area (Å²) in [5, 5.41) is 7.20. The molecule has 2 unspecified atom stereocenters. The maximum atomic E-state index is 5.73. The van der Waals surface area contributed by atoms with Crippen LogP contribution in [0.2, 0.25) is 0 Å². The fourth-order valence-corrected chi connectivity index (χ4v) is 3.29. The molecule has 3 rings (SSSR count). The van der Waals surface area contributed by atoms with Gasteiger partial charge < -0.3 is 4.90 Å². The maximum Gasteiger partial charge on any atom is 0.153 e. The van der Waals surface area contributed by atoms with Gasteiger partial charge in [-0.2, -0.15) is 5.10 Å². The minimum atomic E-state index is 0.423. The van der Waals surface area contributed by atoms with Crippen LogP contribution in [0.3, 0.4) is 0 Å². The third-order valence-electron chi connectivity index (χ3n) is 4.14. The predicted octanol–water partition coefficient (Wildman–Crippen LogP) is 1.88. The van der Waals surface area contributed by atoms with E-state index in [1.165, 1.54) is 25.7 Å². The van der Waals surface area contributed by atoms with Gasteiger partial charge in [0.2, 0.25) is 0 Å². The Morgan fingerprint density at radius 1 is 1.38 bits per heavy atom. The molecule has 88 valence electrons. The Bertz CT molecular complexity index is 364. The van der Waals surface area contributed by atoms with Crippen LogP contribution in [0, 0.1) is 0 Å². The molecular formula is C11H17ClN4. The summed E-state index contributed by atoms with van der Waals surface area (Å²) in [5.41, 5.74) is 0. The molecule has 4 nitrogen and oxygen atoms in total. The minimum absolute atomic E-state index is 0.423. The number of rotatable bonds is 2. The number of nitrogens with one attached hydrogen (secondary N) is 1. The molecular weight excluding hydrogens is 224 g/mol. The Hall–Kier alpha value is -0.610. The van der Waals surface area contributed by atoms with E-state index in [0.29, 0.717) is 11.8 Å². The highest BCUT2D eigenvalue weighted by molar-refractivity contribution is 6.16. The zero-order valence-corrected chi connectivity index (χ0v) is 10.2. The molecule has 2 aliphatic heterocycles. The van der Waals surface area contributed by atoms with E-state index in [1.807, 2.05) is 0 Å². The number of piperidine rings is 1.